The molecule has 0 aromatic rings. The Bertz CT molecular complexity index is 237. The molecule has 0 aromatic carbocycles. The average molecular weight is 176 g/mol. The summed E-state index contributed by atoms with van der Waals surface area (Å²) in [6.07, 6.45) is 8.84. The van der Waals surface area contributed by atoms with E-state index in [1.54, 1.807) is 12.0 Å². The summed E-state index contributed by atoms with van der Waals surface area (Å²) >= 11 is 0. The maximum atomic E-state index is 4.34. The molecule has 0 saturated heterocycles. The lowest BCUT2D eigenvalue weighted by Crippen LogP contribution is -2.32. The second kappa shape index (κ2) is 2.40. The number of allylic oxidation sites excluding steroid dienone is 1. The Morgan fingerprint density at radius 1 is 1.08 bits per heavy atom. The van der Waals surface area contributed by atoms with Crippen molar-refractivity contribution in [2.45, 2.75) is 45.4 Å². The average Bonchev–Trinajstić information content (AvgIpc) is 2.12. The predicted octanol–water partition coefficient (Wildman–Crippen LogP) is 3.78. The normalized spacial score (nSPS) is 53.9. The van der Waals surface area contributed by atoms with Crippen LogP contribution < -0.4 is 0 Å². The quantitative estimate of drug-likeness (QED) is 0.493. The molecule has 4 saturated carbocycles. The summed E-state index contributed by atoms with van der Waals surface area (Å²) in [5.41, 5.74) is 2.13. The van der Waals surface area contributed by atoms with Gasteiger partial charge in [-0.15, -0.1) is 0 Å². The van der Waals surface area contributed by atoms with Crippen LogP contribution in [0, 0.1) is 23.2 Å². The van der Waals surface area contributed by atoms with E-state index in [4.69, 9.17) is 0 Å². The van der Waals surface area contributed by atoms with Gasteiger partial charge in [-0.2, -0.15) is 0 Å². The van der Waals surface area contributed by atoms with Crippen molar-refractivity contribution in [3.63, 3.8) is 0 Å². The van der Waals surface area contributed by atoms with E-state index in [1.165, 1.54) is 32.1 Å². The number of hydrogen-bond donors (Lipinski definition) is 0. The Kier molecular flexibility index (Phi) is 1.49. The van der Waals surface area contributed by atoms with Crippen molar-refractivity contribution in [3.05, 3.63) is 12.2 Å². The van der Waals surface area contributed by atoms with E-state index in [-0.39, 0.29) is 0 Å². The first-order valence-corrected chi connectivity index (χ1v) is 5.84. The van der Waals surface area contributed by atoms with Crippen molar-refractivity contribution in [2.75, 3.05) is 0 Å². The highest BCUT2D eigenvalue weighted by Gasteiger charge is 2.46. The Labute approximate surface area is 81.4 Å². The minimum atomic E-state index is 0.541. The van der Waals surface area contributed by atoms with Crippen LogP contribution in [0.2, 0.25) is 0 Å². The number of hydrogen-bond acceptors (Lipinski definition) is 0. The molecule has 4 aliphatic rings. The molecule has 0 heterocycles. The highest BCUT2D eigenvalue weighted by atomic mass is 14.5. The summed E-state index contributed by atoms with van der Waals surface area (Å²) in [6.45, 7) is 6.82. The van der Waals surface area contributed by atoms with Gasteiger partial charge in [0.1, 0.15) is 0 Å². The molecule has 0 aromatic heterocycles. The van der Waals surface area contributed by atoms with Gasteiger partial charge in [0.25, 0.3) is 0 Å². The highest BCUT2D eigenvalue weighted by Crippen LogP contribution is 2.58. The topological polar surface area (TPSA) is 0 Å². The molecule has 0 N–H and O–H groups in total. The van der Waals surface area contributed by atoms with E-state index < -0.39 is 0 Å². The van der Waals surface area contributed by atoms with E-state index in [0.717, 1.165) is 17.8 Å². The molecule has 4 aliphatic carbocycles. The molecule has 72 valence electrons. The minimum Gasteiger partial charge on any atom is -0.0993 e. The standard InChI is InChI=1S/C13H20/c1-9-3-10-4-11-6-12(5-10)8-13(9,2)7-11/h10-12H,1,3-8H2,2H3/t10?,11-,12+,13?. The third-order valence-electron chi connectivity index (χ3n) is 4.87. The van der Waals surface area contributed by atoms with E-state index in [1.807, 2.05) is 0 Å². The first kappa shape index (κ1) is 8.08. The summed E-state index contributed by atoms with van der Waals surface area (Å²) < 4.78 is 0. The Balaban J connectivity index is 2.02. The van der Waals surface area contributed by atoms with E-state index in [0.29, 0.717) is 5.41 Å². The van der Waals surface area contributed by atoms with Crippen LogP contribution in [0.1, 0.15) is 45.4 Å². The molecule has 4 fully saturated rings. The van der Waals surface area contributed by atoms with Crippen molar-refractivity contribution >= 4 is 0 Å². The first-order valence-electron chi connectivity index (χ1n) is 5.84. The van der Waals surface area contributed by atoms with Gasteiger partial charge in [0.05, 0.1) is 0 Å². The van der Waals surface area contributed by atoms with E-state index in [2.05, 4.69) is 13.5 Å². The molecule has 0 nitrogen and oxygen atoms in total. The van der Waals surface area contributed by atoms with Crippen LogP contribution in [-0.2, 0) is 0 Å². The fourth-order valence-electron chi connectivity index (χ4n) is 4.44. The van der Waals surface area contributed by atoms with Crippen molar-refractivity contribution in [1.29, 1.82) is 0 Å². The van der Waals surface area contributed by atoms with Crippen LogP contribution in [0.3, 0.4) is 0 Å². The molecule has 0 aliphatic heterocycles. The maximum Gasteiger partial charge on any atom is -0.0114 e. The summed E-state index contributed by atoms with van der Waals surface area (Å²) in [6, 6.07) is 0. The highest BCUT2D eigenvalue weighted by molar-refractivity contribution is 5.16. The molecule has 13 heavy (non-hydrogen) atoms. The fraction of sp³-hybridized carbons (Fsp3) is 0.846. The predicted molar refractivity (Wildman–Crippen MR) is 55.4 cm³/mol. The summed E-state index contributed by atoms with van der Waals surface area (Å²) in [5, 5.41) is 0. The molecule has 4 rings (SSSR count). The number of rotatable bonds is 0. The molecule has 0 heteroatoms. The molecule has 0 radical (unpaired) electrons. The maximum absolute atomic E-state index is 4.34. The number of fused-ring (bicyclic) bond motifs is 1. The van der Waals surface area contributed by atoms with Gasteiger partial charge in [-0.1, -0.05) is 19.1 Å². The first-order chi connectivity index (χ1) is 6.16. The van der Waals surface area contributed by atoms with Crippen molar-refractivity contribution < 1.29 is 0 Å². The molecule has 4 atom stereocenters. The van der Waals surface area contributed by atoms with Crippen LogP contribution in [0.15, 0.2) is 12.2 Å². The summed E-state index contributed by atoms with van der Waals surface area (Å²) in [5.74, 6) is 3.13. The van der Waals surface area contributed by atoms with E-state index >= 15 is 0 Å². The zero-order valence-corrected chi connectivity index (χ0v) is 8.68. The van der Waals surface area contributed by atoms with Gasteiger partial charge in [0.15, 0.2) is 0 Å². The van der Waals surface area contributed by atoms with Crippen LogP contribution in [0.25, 0.3) is 0 Å². The monoisotopic (exact) mass is 176 g/mol. The van der Waals surface area contributed by atoms with Gasteiger partial charge >= 0.3 is 0 Å². The molecule has 2 unspecified atom stereocenters. The Morgan fingerprint density at radius 2 is 1.62 bits per heavy atom. The largest absolute Gasteiger partial charge is 0.0993 e. The fourth-order valence-corrected chi connectivity index (χ4v) is 4.44. The zero-order valence-electron chi connectivity index (χ0n) is 8.68. The van der Waals surface area contributed by atoms with Crippen LogP contribution >= 0.6 is 0 Å². The van der Waals surface area contributed by atoms with Crippen molar-refractivity contribution in [3.8, 4) is 0 Å². The molecule has 0 amide bonds. The van der Waals surface area contributed by atoms with Crippen molar-refractivity contribution in [2.24, 2.45) is 23.2 Å². The Hall–Kier alpha value is -0.260. The molecule has 0 spiro atoms. The molecular formula is C13H20. The Morgan fingerprint density at radius 3 is 2.23 bits per heavy atom. The second-order valence-corrected chi connectivity index (χ2v) is 6.08. The van der Waals surface area contributed by atoms with Crippen LogP contribution in [-0.4, -0.2) is 0 Å². The lowest BCUT2D eigenvalue weighted by atomic mass is 9.62. The van der Waals surface area contributed by atoms with Gasteiger partial charge in [0, 0.05) is 0 Å². The molecule has 4 bridgehead atoms. The summed E-state index contributed by atoms with van der Waals surface area (Å²) in [4.78, 5) is 0. The van der Waals surface area contributed by atoms with Gasteiger partial charge in [0.2, 0.25) is 0 Å². The van der Waals surface area contributed by atoms with Crippen LogP contribution in [0.4, 0.5) is 0 Å². The zero-order chi connectivity index (χ0) is 9.05. The van der Waals surface area contributed by atoms with Gasteiger partial charge in [-0.05, 0) is 61.7 Å². The van der Waals surface area contributed by atoms with Crippen molar-refractivity contribution in [1.82, 2.24) is 0 Å². The summed E-state index contributed by atoms with van der Waals surface area (Å²) in [7, 11) is 0. The smallest absolute Gasteiger partial charge is 0.0114 e. The third-order valence-corrected chi connectivity index (χ3v) is 4.87. The van der Waals surface area contributed by atoms with Gasteiger partial charge in [-0.3, -0.25) is 0 Å². The minimum absolute atomic E-state index is 0.541. The van der Waals surface area contributed by atoms with Gasteiger partial charge < -0.3 is 0 Å². The van der Waals surface area contributed by atoms with Gasteiger partial charge in [-0.25, -0.2) is 0 Å². The lowest BCUT2D eigenvalue weighted by Gasteiger charge is -2.43. The molecular weight excluding hydrogens is 156 g/mol. The van der Waals surface area contributed by atoms with Crippen LogP contribution in [0.5, 0.6) is 0 Å². The lowest BCUT2D eigenvalue weighted by molar-refractivity contribution is 0.0935. The van der Waals surface area contributed by atoms with E-state index in [9.17, 15) is 0 Å². The SMILES string of the molecule is C=C1CC2C[C@@H]3C[C@H](C2)CC1(C)C3. The second-order valence-electron chi connectivity index (χ2n) is 6.08. The third kappa shape index (κ3) is 1.11.